The molecule has 0 N–H and O–H groups in total. The molecular weight excluding hydrogens is 292 g/mol. The van der Waals surface area contributed by atoms with Gasteiger partial charge in [0.1, 0.15) is 6.61 Å². The smallest absolute Gasteiger partial charge is 0.253 e. The molecule has 0 saturated carbocycles. The predicted molar refractivity (Wildman–Crippen MR) is 88.8 cm³/mol. The molecule has 1 aromatic heterocycles. The van der Waals surface area contributed by atoms with Gasteiger partial charge in [-0.3, -0.25) is 9.78 Å². The van der Waals surface area contributed by atoms with Gasteiger partial charge in [-0.05, 0) is 49.7 Å². The molecule has 0 spiro atoms. The molecule has 2 aromatic rings. The van der Waals surface area contributed by atoms with Crippen LogP contribution in [-0.2, 0) is 6.61 Å². The van der Waals surface area contributed by atoms with E-state index in [9.17, 15) is 4.79 Å². The number of hydrogen-bond acceptors (Lipinski definition) is 4. The van der Waals surface area contributed by atoms with Crippen LogP contribution in [0.5, 0.6) is 11.5 Å². The number of carbonyl (C=O) groups is 1. The molecule has 0 radical (unpaired) electrons. The Balaban J connectivity index is 2.17. The van der Waals surface area contributed by atoms with E-state index in [1.165, 1.54) is 0 Å². The Morgan fingerprint density at radius 2 is 1.83 bits per heavy atom. The number of pyridine rings is 1. The molecular formula is C18H22N2O3. The van der Waals surface area contributed by atoms with Crippen LogP contribution in [0.4, 0.5) is 0 Å². The highest BCUT2D eigenvalue weighted by Gasteiger charge is 2.14. The van der Waals surface area contributed by atoms with Crippen molar-refractivity contribution in [1.29, 1.82) is 0 Å². The molecule has 23 heavy (non-hydrogen) atoms. The second-order valence-electron chi connectivity index (χ2n) is 5.06. The van der Waals surface area contributed by atoms with E-state index in [0.29, 0.717) is 36.8 Å². The van der Waals surface area contributed by atoms with Crippen LogP contribution in [0.3, 0.4) is 0 Å². The van der Waals surface area contributed by atoms with Crippen molar-refractivity contribution in [2.75, 3.05) is 20.2 Å². The molecule has 0 bridgehead atoms. The lowest BCUT2D eigenvalue weighted by Crippen LogP contribution is -2.26. The summed E-state index contributed by atoms with van der Waals surface area (Å²) in [5.74, 6) is 1.17. The number of ether oxygens (including phenoxy) is 2. The van der Waals surface area contributed by atoms with Gasteiger partial charge < -0.3 is 14.4 Å². The van der Waals surface area contributed by atoms with Gasteiger partial charge in [-0.25, -0.2) is 0 Å². The zero-order chi connectivity index (χ0) is 16.7. The number of nitrogens with zero attached hydrogens (tertiary/aromatic N) is 2. The van der Waals surface area contributed by atoms with Crippen LogP contribution in [0.15, 0.2) is 42.7 Å². The Bertz CT molecular complexity index is 644. The molecule has 0 aliphatic rings. The van der Waals surface area contributed by atoms with Crippen LogP contribution in [0.1, 0.15) is 29.8 Å². The molecule has 1 amide bonds. The van der Waals surface area contributed by atoms with Gasteiger partial charge in [-0.2, -0.15) is 0 Å². The lowest BCUT2D eigenvalue weighted by atomic mass is 10.1. The fourth-order valence-electron chi connectivity index (χ4n) is 2.03. The lowest BCUT2D eigenvalue weighted by Gasteiger charge is -2.17. The molecule has 1 heterocycles. The van der Waals surface area contributed by atoms with Gasteiger partial charge >= 0.3 is 0 Å². The molecule has 0 aliphatic heterocycles. The highest BCUT2D eigenvalue weighted by molar-refractivity contribution is 5.94. The van der Waals surface area contributed by atoms with Crippen LogP contribution in [-0.4, -0.2) is 36.0 Å². The lowest BCUT2D eigenvalue weighted by molar-refractivity contribution is 0.0802. The second kappa shape index (κ2) is 8.17. The minimum atomic E-state index is -0.0332. The van der Waals surface area contributed by atoms with E-state index in [-0.39, 0.29) is 5.91 Å². The molecule has 0 saturated heterocycles. The summed E-state index contributed by atoms with van der Waals surface area (Å²) in [4.78, 5) is 17.9. The van der Waals surface area contributed by atoms with E-state index in [2.05, 4.69) is 4.98 Å². The molecule has 0 fully saturated rings. The normalized spacial score (nSPS) is 10.2. The van der Waals surface area contributed by atoms with Crippen molar-refractivity contribution in [1.82, 2.24) is 9.88 Å². The molecule has 1 aromatic carbocycles. The van der Waals surface area contributed by atoms with Crippen molar-refractivity contribution >= 4 is 5.91 Å². The minimum Gasteiger partial charge on any atom is -0.490 e. The van der Waals surface area contributed by atoms with Gasteiger partial charge in [-0.15, -0.1) is 0 Å². The number of amides is 1. The fraction of sp³-hybridized carbons (Fsp3) is 0.333. The SMILES string of the molecule is CCOc1cc(C(=O)N(C)CC)ccc1OCc1ccncc1. The summed E-state index contributed by atoms with van der Waals surface area (Å²) in [5, 5.41) is 0. The van der Waals surface area contributed by atoms with Crippen LogP contribution < -0.4 is 9.47 Å². The first kappa shape index (κ1) is 16.8. The van der Waals surface area contributed by atoms with E-state index in [4.69, 9.17) is 9.47 Å². The van der Waals surface area contributed by atoms with Gasteiger partial charge in [0.15, 0.2) is 11.5 Å². The van der Waals surface area contributed by atoms with Crippen molar-refractivity contribution in [3.63, 3.8) is 0 Å². The van der Waals surface area contributed by atoms with Crippen LogP contribution >= 0.6 is 0 Å². The van der Waals surface area contributed by atoms with E-state index < -0.39 is 0 Å². The van der Waals surface area contributed by atoms with Crippen molar-refractivity contribution in [2.45, 2.75) is 20.5 Å². The monoisotopic (exact) mass is 314 g/mol. The standard InChI is InChI=1S/C18H22N2O3/c1-4-20(3)18(21)15-6-7-16(17(12-15)22-5-2)23-13-14-8-10-19-11-9-14/h6-12H,4-5,13H2,1-3H3. The number of carbonyl (C=O) groups excluding carboxylic acids is 1. The topological polar surface area (TPSA) is 51.7 Å². The van der Waals surface area contributed by atoms with Crippen molar-refractivity contribution in [3.8, 4) is 11.5 Å². The number of aromatic nitrogens is 1. The summed E-state index contributed by atoms with van der Waals surface area (Å²) >= 11 is 0. The summed E-state index contributed by atoms with van der Waals surface area (Å²) in [6.07, 6.45) is 3.45. The van der Waals surface area contributed by atoms with Crippen LogP contribution in [0.2, 0.25) is 0 Å². The maximum atomic E-state index is 12.2. The maximum Gasteiger partial charge on any atom is 0.253 e. The van der Waals surface area contributed by atoms with E-state index in [1.807, 2.05) is 26.0 Å². The summed E-state index contributed by atoms with van der Waals surface area (Å²) in [6, 6.07) is 9.07. The first-order valence-corrected chi connectivity index (χ1v) is 7.69. The zero-order valence-corrected chi connectivity index (χ0v) is 13.8. The summed E-state index contributed by atoms with van der Waals surface area (Å²) in [5.41, 5.74) is 1.61. The number of benzene rings is 1. The van der Waals surface area contributed by atoms with Crippen LogP contribution in [0, 0.1) is 0 Å². The quantitative estimate of drug-likeness (QED) is 0.788. The third-order valence-corrected chi connectivity index (χ3v) is 3.46. The van der Waals surface area contributed by atoms with Gasteiger partial charge in [-0.1, -0.05) is 0 Å². The molecule has 0 aliphatic carbocycles. The number of hydrogen-bond donors (Lipinski definition) is 0. The van der Waals surface area contributed by atoms with Gasteiger partial charge in [0.05, 0.1) is 6.61 Å². The Labute approximate surface area is 136 Å². The fourth-order valence-corrected chi connectivity index (χ4v) is 2.03. The molecule has 0 atom stereocenters. The first-order chi connectivity index (χ1) is 11.2. The average Bonchev–Trinajstić information content (AvgIpc) is 2.60. The third-order valence-electron chi connectivity index (χ3n) is 3.46. The van der Waals surface area contributed by atoms with Crippen molar-refractivity contribution < 1.29 is 14.3 Å². The predicted octanol–water partition coefficient (Wildman–Crippen LogP) is 3.15. The summed E-state index contributed by atoms with van der Waals surface area (Å²) in [7, 11) is 1.77. The Morgan fingerprint density at radius 3 is 2.48 bits per heavy atom. The second-order valence-corrected chi connectivity index (χ2v) is 5.06. The van der Waals surface area contributed by atoms with Crippen molar-refractivity contribution in [3.05, 3.63) is 53.9 Å². The highest BCUT2D eigenvalue weighted by atomic mass is 16.5. The van der Waals surface area contributed by atoms with E-state index in [1.54, 1.807) is 42.5 Å². The number of rotatable bonds is 7. The minimum absolute atomic E-state index is 0.0332. The Hall–Kier alpha value is -2.56. The highest BCUT2D eigenvalue weighted by Crippen LogP contribution is 2.29. The van der Waals surface area contributed by atoms with Gasteiger partial charge in [0.2, 0.25) is 0 Å². The van der Waals surface area contributed by atoms with Gasteiger partial charge in [0.25, 0.3) is 5.91 Å². The molecule has 5 nitrogen and oxygen atoms in total. The molecule has 5 heteroatoms. The first-order valence-electron chi connectivity index (χ1n) is 7.69. The Morgan fingerprint density at radius 1 is 1.09 bits per heavy atom. The van der Waals surface area contributed by atoms with Crippen molar-refractivity contribution in [2.24, 2.45) is 0 Å². The Kier molecular flexibility index (Phi) is 5.97. The van der Waals surface area contributed by atoms with Crippen LogP contribution in [0.25, 0.3) is 0 Å². The summed E-state index contributed by atoms with van der Waals surface area (Å²) in [6.45, 7) is 5.42. The van der Waals surface area contributed by atoms with E-state index in [0.717, 1.165) is 5.56 Å². The zero-order valence-electron chi connectivity index (χ0n) is 13.8. The average molecular weight is 314 g/mol. The maximum absolute atomic E-state index is 12.2. The van der Waals surface area contributed by atoms with E-state index >= 15 is 0 Å². The van der Waals surface area contributed by atoms with Gasteiger partial charge in [0, 0.05) is 31.5 Å². The molecule has 2 rings (SSSR count). The third kappa shape index (κ3) is 4.45. The largest absolute Gasteiger partial charge is 0.490 e. The summed E-state index contributed by atoms with van der Waals surface area (Å²) < 4.78 is 11.4. The molecule has 122 valence electrons. The molecule has 0 unspecified atom stereocenters.